The number of phosphoric ester groups is 2. The normalized spacial score (nSPS) is 14.1. The minimum atomic E-state index is -4.95. The van der Waals surface area contributed by atoms with E-state index in [4.69, 9.17) is 37.0 Å². The van der Waals surface area contributed by atoms with E-state index in [2.05, 4.69) is 34.6 Å². The lowest BCUT2D eigenvalue weighted by atomic mass is 10.0. The van der Waals surface area contributed by atoms with E-state index in [0.29, 0.717) is 31.6 Å². The molecule has 0 fully saturated rings. The van der Waals surface area contributed by atoms with E-state index in [1.54, 1.807) is 0 Å². The molecule has 17 nitrogen and oxygen atoms in total. The third-order valence-electron chi connectivity index (χ3n) is 16.0. The van der Waals surface area contributed by atoms with Gasteiger partial charge < -0.3 is 33.8 Å². The SMILES string of the molecule is CCCCCCCCCCCCCCCCCCCC(=O)OC[C@H](COP(=O)(O)OC[C@@H](O)COP(=O)(O)OC[C@@H](COC(=O)CCCCCCC)OC(=O)CCCCCCCCC(C)C)OC(=O)CCCCCCCCCCCCCCCCCCC. The predicted molar refractivity (Wildman–Crippen MR) is 354 cm³/mol. The molecule has 0 spiro atoms. The molecule has 0 saturated carbocycles. The lowest BCUT2D eigenvalue weighted by Gasteiger charge is -2.21. The summed E-state index contributed by atoms with van der Waals surface area (Å²) in [5.74, 6) is -1.47. The number of carbonyl (C=O) groups is 4. The van der Waals surface area contributed by atoms with Crippen LogP contribution in [0.4, 0.5) is 0 Å². The van der Waals surface area contributed by atoms with Crippen molar-refractivity contribution in [3.63, 3.8) is 0 Å². The number of hydrogen-bond donors (Lipinski definition) is 3. The van der Waals surface area contributed by atoms with Crippen LogP contribution in [0.1, 0.15) is 356 Å². The van der Waals surface area contributed by atoms with Gasteiger partial charge in [-0.3, -0.25) is 37.3 Å². The van der Waals surface area contributed by atoms with Crippen molar-refractivity contribution >= 4 is 39.5 Å². The Labute approximate surface area is 537 Å². The number of rotatable bonds is 69. The smallest absolute Gasteiger partial charge is 0.462 e. The van der Waals surface area contributed by atoms with E-state index in [-0.39, 0.29) is 25.7 Å². The average molecular weight is 1300 g/mol. The van der Waals surface area contributed by atoms with E-state index < -0.39 is 97.5 Å². The maximum Gasteiger partial charge on any atom is 0.472 e. The quantitative estimate of drug-likeness (QED) is 0.0222. The summed E-state index contributed by atoms with van der Waals surface area (Å²) in [5, 5.41) is 10.5. The van der Waals surface area contributed by atoms with Gasteiger partial charge in [0, 0.05) is 25.7 Å². The first-order valence-corrected chi connectivity index (χ1v) is 39.1. The van der Waals surface area contributed by atoms with Crippen molar-refractivity contribution in [1.82, 2.24) is 0 Å². The number of esters is 4. The molecule has 0 aliphatic heterocycles. The first kappa shape index (κ1) is 86.1. The fourth-order valence-electron chi connectivity index (χ4n) is 10.5. The summed E-state index contributed by atoms with van der Waals surface area (Å²) >= 11 is 0. The molecule has 88 heavy (non-hydrogen) atoms. The maximum absolute atomic E-state index is 13.0. The maximum atomic E-state index is 13.0. The van der Waals surface area contributed by atoms with Gasteiger partial charge in [-0.2, -0.15) is 0 Å². The predicted octanol–water partition coefficient (Wildman–Crippen LogP) is 19.7. The van der Waals surface area contributed by atoms with Crippen LogP contribution >= 0.6 is 15.6 Å². The molecule has 0 rings (SSSR count). The molecule has 0 aromatic carbocycles. The van der Waals surface area contributed by atoms with Gasteiger partial charge in [-0.05, 0) is 31.6 Å². The van der Waals surface area contributed by atoms with Gasteiger partial charge in [0.05, 0.1) is 26.4 Å². The first-order valence-electron chi connectivity index (χ1n) is 36.1. The second-order valence-electron chi connectivity index (χ2n) is 25.4. The number of hydrogen-bond acceptors (Lipinski definition) is 15. The minimum absolute atomic E-state index is 0.102. The summed E-state index contributed by atoms with van der Waals surface area (Å²) in [4.78, 5) is 72.2. The van der Waals surface area contributed by atoms with Gasteiger partial charge >= 0.3 is 39.5 Å². The molecule has 0 aliphatic rings. The van der Waals surface area contributed by atoms with Crippen molar-refractivity contribution in [2.45, 2.75) is 374 Å². The highest BCUT2D eigenvalue weighted by molar-refractivity contribution is 7.47. The van der Waals surface area contributed by atoms with Crippen LogP contribution in [0.15, 0.2) is 0 Å². The van der Waals surface area contributed by atoms with Crippen molar-refractivity contribution in [1.29, 1.82) is 0 Å². The molecule has 522 valence electrons. The standard InChI is InChI=1S/C69H134O17P2/c1-6-9-12-15-17-19-21-23-25-27-29-31-33-35-37-43-48-53-67(72)80-59-65(85-68(73)54-49-44-38-36-34-32-30-28-26-24-22-20-18-16-13-10-7-2)61-84-88(77,78)82-57-63(70)56-81-87(75,76)83-60-64(58-79-66(71)52-47-41-14-11-8-3)86-69(74)55-50-45-40-39-42-46-51-62(4)5/h62-65,70H,6-61H2,1-5H3,(H,75,76)(H,77,78)/t63-,64+,65+/m0/s1. The summed E-state index contributed by atoms with van der Waals surface area (Å²) < 4.78 is 68.0. The Hall–Kier alpha value is -1.94. The molecule has 0 aliphatic carbocycles. The zero-order chi connectivity index (χ0) is 64.9. The zero-order valence-electron chi connectivity index (χ0n) is 56.9. The molecule has 2 unspecified atom stereocenters. The highest BCUT2D eigenvalue weighted by atomic mass is 31.2. The summed E-state index contributed by atoms with van der Waals surface area (Å²) in [6, 6.07) is 0. The Morgan fingerprint density at radius 2 is 0.523 bits per heavy atom. The summed E-state index contributed by atoms with van der Waals surface area (Å²) in [6.45, 7) is 7.06. The van der Waals surface area contributed by atoms with E-state index in [1.807, 2.05) is 0 Å². The van der Waals surface area contributed by atoms with Crippen molar-refractivity contribution in [3.8, 4) is 0 Å². The molecule has 0 aromatic heterocycles. The Morgan fingerprint density at radius 3 is 0.773 bits per heavy atom. The molecular weight excluding hydrogens is 1160 g/mol. The Balaban J connectivity index is 5.14. The average Bonchev–Trinajstić information content (AvgIpc) is 3.71. The van der Waals surface area contributed by atoms with Crippen molar-refractivity contribution in [2.75, 3.05) is 39.6 Å². The van der Waals surface area contributed by atoms with Crippen LogP contribution in [0.25, 0.3) is 0 Å². The third-order valence-corrected chi connectivity index (χ3v) is 17.9. The van der Waals surface area contributed by atoms with E-state index in [1.165, 1.54) is 173 Å². The Bertz CT molecular complexity index is 1700. The van der Waals surface area contributed by atoms with Gasteiger partial charge in [0.25, 0.3) is 0 Å². The van der Waals surface area contributed by atoms with Gasteiger partial charge in [0.1, 0.15) is 19.3 Å². The Kier molecular flexibility index (Phi) is 61.1. The van der Waals surface area contributed by atoms with Crippen LogP contribution in [0.2, 0.25) is 0 Å². The number of aliphatic hydroxyl groups is 1. The molecule has 0 bridgehead atoms. The summed E-state index contributed by atoms with van der Waals surface area (Å²) in [6.07, 6.45) is 49.2. The van der Waals surface area contributed by atoms with Gasteiger partial charge in [-0.1, -0.05) is 304 Å². The number of ether oxygens (including phenoxy) is 4. The van der Waals surface area contributed by atoms with Crippen LogP contribution in [0, 0.1) is 5.92 Å². The lowest BCUT2D eigenvalue weighted by molar-refractivity contribution is -0.161. The molecular formula is C69H134O17P2. The molecule has 19 heteroatoms. The first-order chi connectivity index (χ1) is 42.5. The van der Waals surface area contributed by atoms with Crippen LogP contribution in [0.5, 0.6) is 0 Å². The van der Waals surface area contributed by atoms with Gasteiger partial charge in [-0.25, -0.2) is 9.13 Å². The van der Waals surface area contributed by atoms with Crippen LogP contribution in [-0.2, 0) is 65.4 Å². The van der Waals surface area contributed by atoms with E-state index >= 15 is 0 Å². The van der Waals surface area contributed by atoms with Crippen LogP contribution in [-0.4, -0.2) is 96.7 Å². The minimum Gasteiger partial charge on any atom is -0.462 e. The lowest BCUT2D eigenvalue weighted by Crippen LogP contribution is -2.30. The highest BCUT2D eigenvalue weighted by Gasteiger charge is 2.30. The monoisotopic (exact) mass is 1300 g/mol. The van der Waals surface area contributed by atoms with Crippen molar-refractivity contribution in [3.05, 3.63) is 0 Å². The third kappa shape index (κ3) is 62.8. The second kappa shape index (κ2) is 62.5. The van der Waals surface area contributed by atoms with Crippen LogP contribution < -0.4 is 0 Å². The zero-order valence-corrected chi connectivity index (χ0v) is 58.6. The fraction of sp³-hybridized carbons (Fsp3) is 0.942. The molecule has 0 saturated heterocycles. The highest BCUT2D eigenvalue weighted by Crippen LogP contribution is 2.45. The van der Waals surface area contributed by atoms with Gasteiger partial charge in [-0.15, -0.1) is 0 Å². The molecule has 0 radical (unpaired) electrons. The van der Waals surface area contributed by atoms with E-state index in [9.17, 15) is 43.2 Å². The molecule has 0 aromatic rings. The van der Waals surface area contributed by atoms with Crippen molar-refractivity contribution in [2.24, 2.45) is 5.92 Å². The fourth-order valence-corrected chi connectivity index (χ4v) is 12.0. The molecule has 0 amide bonds. The molecule has 3 N–H and O–H groups in total. The van der Waals surface area contributed by atoms with Crippen molar-refractivity contribution < 1.29 is 80.2 Å². The van der Waals surface area contributed by atoms with Gasteiger partial charge in [0.15, 0.2) is 12.2 Å². The van der Waals surface area contributed by atoms with Gasteiger partial charge in [0.2, 0.25) is 0 Å². The molecule has 0 heterocycles. The second-order valence-corrected chi connectivity index (χ2v) is 28.3. The number of carbonyl (C=O) groups excluding carboxylic acids is 4. The number of phosphoric acid groups is 2. The van der Waals surface area contributed by atoms with Crippen LogP contribution in [0.3, 0.4) is 0 Å². The summed E-state index contributed by atoms with van der Waals surface area (Å²) in [7, 11) is -9.89. The molecule has 5 atom stereocenters. The summed E-state index contributed by atoms with van der Waals surface area (Å²) in [5.41, 5.74) is 0. The largest absolute Gasteiger partial charge is 0.472 e. The Morgan fingerprint density at radius 1 is 0.307 bits per heavy atom. The number of aliphatic hydroxyl groups excluding tert-OH is 1. The topological polar surface area (TPSA) is 237 Å². The number of unbranched alkanes of at least 4 members (excludes halogenated alkanes) is 41. The van der Waals surface area contributed by atoms with E-state index in [0.717, 1.165) is 96.3 Å².